The van der Waals surface area contributed by atoms with Gasteiger partial charge >= 0.3 is 0 Å². The van der Waals surface area contributed by atoms with Gasteiger partial charge in [0, 0.05) is 25.6 Å². The zero-order valence-corrected chi connectivity index (χ0v) is 11.1. The predicted octanol–water partition coefficient (Wildman–Crippen LogP) is 1.45. The van der Waals surface area contributed by atoms with Crippen LogP contribution in [0.3, 0.4) is 0 Å². The Morgan fingerprint density at radius 1 is 1.40 bits per heavy atom. The Balaban J connectivity index is 1.72. The van der Waals surface area contributed by atoms with Crippen LogP contribution < -0.4 is 5.32 Å². The van der Waals surface area contributed by atoms with E-state index in [0.717, 1.165) is 18.4 Å². The molecule has 0 aromatic heterocycles. The van der Waals surface area contributed by atoms with Gasteiger partial charge in [-0.05, 0) is 30.5 Å². The molecule has 2 aliphatic rings. The highest BCUT2D eigenvalue weighted by Crippen LogP contribution is 2.30. The minimum atomic E-state index is -0.289. The Kier molecular flexibility index (Phi) is 3.42. The molecule has 1 saturated carbocycles. The van der Waals surface area contributed by atoms with Gasteiger partial charge < -0.3 is 10.2 Å². The molecule has 106 valence electrons. The van der Waals surface area contributed by atoms with Crippen LogP contribution in [0.5, 0.6) is 0 Å². The summed E-state index contributed by atoms with van der Waals surface area (Å²) < 4.78 is 13.2. The van der Waals surface area contributed by atoms with Crippen molar-refractivity contribution in [3.63, 3.8) is 0 Å². The van der Waals surface area contributed by atoms with E-state index in [0.29, 0.717) is 13.1 Å². The fourth-order valence-electron chi connectivity index (χ4n) is 2.62. The fourth-order valence-corrected chi connectivity index (χ4v) is 2.62. The van der Waals surface area contributed by atoms with Crippen LogP contribution in [0.25, 0.3) is 0 Å². The number of hydrogen-bond acceptors (Lipinski definition) is 2. The summed E-state index contributed by atoms with van der Waals surface area (Å²) >= 11 is 0. The van der Waals surface area contributed by atoms with Crippen LogP contribution in [0.1, 0.15) is 24.8 Å². The third-order valence-corrected chi connectivity index (χ3v) is 3.84. The zero-order valence-electron chi connectivity index (χ0n) is 11.1. The van der Waals surface area contributed by atoms with Crippen molar-refractivity contribution < 1.29 is 14.0 Å². The summed E-state index contributed by atoms with van der Waals surface area (Å²) in [5.74, 6) is -0.611. The van der Waals surface area contributed by atoms with Gasteiger partial charge in [-0.25, -0.2) is 4.39 Å². The fraction of sp³-hybridized carbons (Fsp3) is 0.467. The van der Waals surface area contributed by atoms with Gasteiger partial charge in [-0.1, -0.05) is 12.1 Å². The summed E-state index contributed by atoms with van der Waals surface area (Å²) in [7, 11) is 0. The molecule has 1 atom stereocenters. The zero-order chi connectivity index (χ0) is 14.1. The summed E-state index contributed by atoms with van der Waals surface area (Å²) in [4.78, 5) is 25.5. The second-order valence-electron chi connectivity index (χ2n) is 5.53. The molecule has 0 bridgehead atoms. The van der Waals surface area contributed by atoms with E-state index in [2.05, 4.69) is 5.32 Å². The lowest BCUT2D eigenvalue weighted by Crippen LogP contribution is -2.38. The van der Waals surface area contributed by atoms with E-state index < -0.39 is 0 Å². The Morgan fingerprint density at radius 3 is 2.80 bits per heavy atom. The number of rotatable bonds is 4. The monoisotopic (exact) mass is 276 g/mol. The molecule has 1 aliphatic heterocycles. The molecular weight excluding hydrogens is 259 g/mol. The van der Waals surface area contributed by atoms with Crippen molar-refractivity contribution >= 4 is 11.8 Å². The Bertz CT molecular complexity index is 542. The molecule has 0 radical (unpaired) electrons. The van der Waals surface area contributed by atoms with Crippen LogP contribution in [-0.2, 0) is 16.1 Å². The first-order chi connectivity index (χ1) is 9.63. The normalized spacial score (nSPS) is 21.6. The van der Waals surface area contributed by atoms with Gasteiger partial charge in [0.15, 0.2) is 0 Å². The smallest absolute Gasteiger partial charge is 0.228 e. The average molecular weight is 276 g/mol. The Hall–Kier alpha value is -1.91. The number of carbonyl (C=O) groups is 2. The molecule has 4 nitrogen and oxygen atoms in total. The molecule has 2 amide bonds. The molecule has 1 heterocycles. The SMILES string of the molecule is O=C1CC(C(=O)N(Cc2cccc(F)c2)C2CC2)CN1. The predicted molar refractivity (Wildman–Crippen MR) is 71.1 cm³/mol. The highest BCUT2D eigenvalue weighted by Gasteiger charge is 2.38. The molecule has 1 unspecified atom stereocenters. The molecule has 1 saturated heterocycles. The number of benzene rings is 1. The lowest BCUT2D eigenvalue weighted by molar-refractivity contribution is -0.137. The number of amides is 2. The van der Waals surface area contributed by atoms with E-state index in [4.69, 9.17) is 0 Å². The van der Waals surface area contributed by atoms with E-state index in [1.54, 1.807) is 11.0 Å². The average Bonchev–Trinajstić information content (AvgIpc) is 3.17. The van der Waals surface area contributed by atoms with Crippen LogP contribution in [0.15, 0.2) is 24.3 Å². The molecule has 1 aromatic rings. The van der Waals surface area contributed by atoms with Crippen molar-refractivity contribution in [2.24, 2.45) is 5.92 Å². The number of halogens is 1. The third-order valence-electron chi connectivity index (χ3n) is 3.84. The third kappa shape index (κ3) is 2.81. The van der Waals surface area contributed by atoms with Crippen molar-refractivity contribution in [2.75, 3.05) is 6.54 Å². The highest BCUT2D eigenvalue weighted by atomic mass is 19.1. The van der Waals surface area contributed by atoms with Crippen LogP contribution in [0, 0.1) is 11.7 Å². The van der Waals surface area contributed by atoms with Crippen LogP contribution in [0.4, 0.5) is 4.39 Å². The minimum Gasteiger partial charge on any atom is -0.355 e. The first-order valence-corrected chi connectivity index (χ1v) is 6.95. The number of hydrogen-bond donors (Lipinski definition) is 1. The second kappa shape index (κ2) is 5.23. The van der Waals surface area contributed by atoms with Crippen molar-refractivity contribution in [2.45, 2.75) is 31.8 Å². The molecule has 3 rings (SSSR count). The molecule has 20 heavy (non-hydrogen) atoms. The van der Waals surface area contributed by atoms with Gasteiger partial charge in [0.05, 0.1) is 5.92 Å². The first-order valence-electron chi connectivity index (χ1n) is 6.95. The van der Waals surface area contributed by atoms with E-state index >= 15 is 0 Å². The van der Waals surface area contributed by atoms with Crippen molar-refractivity contribution in [3.8, 4) is 0 Å². The molecule has 5 heteroatoms. The van der Waals surface area contributed by atoms with Crippen molar-refractivity contribution in [3.05, 3.63) is 35.6 Å². The van der Waals surface area contributed by atoms with Crippen LogP contribution >= 0.6 is 0 Å². The summed E-state index contributed by atoms with van der Waals surface area (Å²) in [6.07, 6.45) is 2.26. The molecule has 1 aromatic carbocycles. The largest absolute Gasteiger partial charge is 0.355 e. The topological polar surface area (TPSA) is 49.4 Å². The van der Waals surface area contributed by atoms with E-state index in [1.807, 2.05) is 6.07 Å². The van der Waals surface area contributed by atoms with Gasteiger partial charge in [-0.3, -0.25) is 9.59 Å². The maximum Gasteiger partial charge on any atom is 0.228 e. The van der Waals surface area contributed by atoms with E-state index in [-0.39, 0.29) is 36.0 Å². The van der Waals surface area contributed by atoms with Gasteiger partial charge in [0.2, 0.25) is 11.8 Å². The lowest BCUT2D eigenvalue weighted by Gasteiger charge is -2.25. The maximum absolute atomic E-state index is 13.2. The Labute approximate surface area is 117 Å². The van der Waals surface area contributed by atoms with Gasteiger partial charge in [-0.15, -0.1) is 0 Å². The molecule has 1 N–H and O–H groups in total. The standard InChI is InChI=1S/C15H17FN2O2/c16-12-3-1-2-10(6-12)9-18(13-4-5-13)15(20)11-7-14(19)17-8-11/h1-3,6,11,13H,4-5,7-9H2,(H,17,19). The number of carbonyl (C=O) groups excluding carboxylic acids is 2. The molecule has 0 spiro atoms. The molecule has 2 fully saturated rings. The van der Waals surface area contributed by atoms with Crippen LogP contribution in [0.2, 0.25) is 0 Å². The molecule has 1 aliphatic carbocycles. The van der Waals surface area contributed by atoms with Crippen molar-refractivity contribution in [1.29, 1.82) is 0 Å². The summed E-state index contributed by atoms with van der Waals surface area (Å²) in [5, 5.41) is 2.69. The second-order valence-corrected chi connectivity index (χ2v) is 5.53. The van der Waals surface area contributed by atoms with Gasteiger partial charge in [0.25, 0.3) is 0 Å². The minimum absolute atomic E-state index is 0.00936. The van der Waals surface area contributed by atoms with E-state index in [9.17, 15) is 14.0 Å². The van der Waals surface area contributed by atoms with Gasteiger partial charge in [-0.2, -0.15) is 0 Å². The summed E-state index contributed by atoms with van der Waals surface area (Å²) in [6, 6.07) is 6.58. The molecular formula is C15H17FN2O2. The highest BCUT2D eigenvalue weighted by molar-refractivity contribution is 5.89. The van der Waals surface area contributed by atoms with Gasteiger partial charge in [0.1, 0.15) is 5.82 Å². The summed E-state index contributed by atoms with van der Waals surface area (Å²) in [6.45, 7) is 0.843. The quantitative estimate of drug-likeness (QED) is 0.905. The summed E-state index contributed by atoms with van der Waals surface area (Å²) in [5.41, 5.74) is 0.794. The van der Waals surface area contributed by atoms with Crippen LogP contribution in [-0.4, -0.2) is 29.3 Å². The first kappa shape index (κ1) is 13.1. The maximum atomic E-state index is 13.2. The van der Waals surface area contributed by atoms with E-state index in [1.165, 1.54) is 12.1 Å². The van der Waals surface area contributed by atoms with Crippen molar-refractivity contribution in [1.82, 2.24) is 10.2 Å². The number of nitrogens with zero attached hydrogens (tertiary/aromatic N) is 1. The Morgan fingerprint density at radius 2 is 2.20 bits per heavy atom. The number of nitrogens with one attached hydrogen (secondary N) is 1. The lowest BCUT2D eigenvalue weighted by atomic mass is 10.1.